The maximum atomic E-state index is 13.1. The number of carbonyl (C=O) groups is 1. The summed E-state index contributed by atoms with van der Waals surface area (Å²) in [6.45, 7) is 1.67. The van der Waals surface area contributed by atoms with Crippen molar-refractivity contribution in [2.75, 3.05) is 23.3 Å². The molecule has 3 rings (SSSR count). The Morgan fingerprint density at radius 1 is 1.08 bits per heavy atom. The summed E-state index contributed by atoms with van der Waals surface area (Å²) in [5.41, 5.74) is -0.198. The molecule has 2 aromatic carbocycles. The van der Waals surface area contributed by atoms with Crippen LogP contribution in [-0.4, -0.2) is 19.0 Å². The van der Waals surface area contributed by atoms with Gasteiger partial charge in [-0.05, 0) is 43.2 Å². The predicted molar refractivity (Wildman–Crippen MR) is 92.3 cm³/mol. The summed E-state index contributed by atoms with van der Waals surface area (Å²) in [6, 6.07) is 9.77. The second kappa shape index (κ2) is 6.96. The lowest BCUT2D eigenvalue weighted by Gasteiger charge is -2.22. The Balaban J connectivity index is 1.93. The van der Waals surface area contributed by atoms with Crippen LogP contribution < -0.4 is 10.2 Å². The summed E-state index contributed by atoms with van der Waals surface area (Å²) in [6.07, 6.45) is -2.53. The molecule has 0 bridgehead atoms. The van der Waals surface area contributed by atoms with Gasteiger partial charge in [-0.1, -0.05) is 23.7 Å². The summed E-state index contributed by atoms with van der Waals surface area (Å²) in [4.78, 5) is 14.6. The highest BCUT2D eigenvalue weighted by molar-refractivity contribution is 6.31. The number of anilines is 2. The molecule has 1 amide bonds. The van der Waals surface area contributed by atoms with Crippen molar-refractivity contribution in [1.29, 1.82) is 0 Å². The second-order valence-electron chi connectivity index (χ2n) is 5.85. The zero-order valence-electron chi connectivity index (χ0n) is 13.2. The van der Waals surface area contributed by atoms with Crippen LogP contribution in [0.1, 0.15) is 28.8 Å². The number of hydrogen-bond acceptors (Lipinski definition) is 2. The van der Waals surface area contributed by atoms with Crippen molar-refractivity contribution < 1.29 is 18.0 Å². The molecule has 7 heteroatoms. The molecule has 1 aliphatic rings. The monoisotopic (exact) mass is 368 g/mol. The fraction of sp³-hybridized carbons (Fsp3) is 0.278. The minimum absolute atomic E-state index is 0.405. The molecule has 1 heterocycles. The van der Waals surface area contributed by atoms with Gasteiger partial charge in [-0.3, -0.25) is 4.79 Å². The Kier molecular flexibility index (Phi) is 4.90. The second-order valence-corrected chi connectivity index (χ2v) is 6.29. The molecule has 0 atom stereocenters. The average molecular weight is 369 g/mol. The molecular weight excluding hydrogens is 353 g/mol. The Bertz CT molecular complexity index is 786. The number of alkyl halides is 3. The van der Waals surface area contributed by atoms with Crippen LogP contribution in [-0.2, 0) is 6.18 Å². The maximum Gasteiger partial charge on any atom is 0.417 e. The number of halogens is 4. The molecule has 132 valence electrons. The summed E-state index contributed by atoms with van der Waals surface area (Å²) in [5, 5.41) is 3.00. The number of rotatable bonds is 3. The average Bonchev–Trinajstić information content (AvgIpc) is 3.08. The Labute approximate surface area is 148 Å². The van der Waals surface area contributed by atoms with E-state index < -0.39 is 23.2 Å². The molecule has 0 aliphatic carbocycles. The first kappa shape index (κ1) is 17.6. The minimum atomic E-state index is -4.60. The van der Waals surface area contributed by atoms with E-state index in [1.807, 2.05) is 0 Å². The first-order chi connectivity index (χ1) is 11.9. The molecule has 0 unspecified atom stereocenters. The number of nitrogens with zero attached hydrogens (tertiary/aromatic N) is 1. The highest BCUT2D eigenvalue weighted by Crippen LogP contribution is 2.34. The number of amides is 1. The van der Waals surface area contributed by atoms with E-state index in [0.29, 0.717) is 10.7 Å². The molecule has 0 spiro atoms. The van der Waals surface area contributed by atoms with Crippen molar-refractivity contribution in [2.45, 2.75) is 19.0 Å². The molecule has 1 saturated heterocycles. The fourth-order valence-electron chi connectivity index (χ4n) is 2.96. The molecule has 25 heavy (non-hydrogen) atoms. The fourth-order valence-corrected chi connectivity index (χ4v) is 3.13. The van der Waals surface area contributed by atoms with Gasteiger partial charge in [-0.25, -0.2) is 0 Å². The van der Waals surface area contributed by atoms with E-state index in [2.05, 4.69) is 10.2 Å². The molecule has 2 aromatic rings. The SMILES string of the molecule is O=C(Nc1cc(Cl)ccc1N1CCCC1)c1ccccc1C(F)(F)F. The zero-order valence-corrected chi connectivity index (χ0v) is 14.0. The lowest BCUT2D eigenvalue weighted by atomic mass is 10.1. The van der Waals surface area contributed by atoms with E-state index in [9.17, 15) is 18.0 Å². The summed E-state index contributed by atoms with van der Waals surface area (Å²) in [5.74, 6) is -0.810. The van der Waals surface area contributed by atoms with Crippen LogP contribution in [0, 0.1) is 0 Å². The van der Waals surface area contributed by atoms with Crippen LogP contribution in [0.15, 0.2) is 42.5 Å². The van der Waals surface area contributed by atoms with Gasteiger partial charge in [-0.15, -0.1) is 0 Å². The van der Waals surface area contributed by atoms with Crippen LogP contribution in [0.5, 0.6) is 0 Å². The summed E-state index contributed by atoms with van der Waals surface area (Å²) < 4.78 is 39.4. The van der Waals surface area contributed by atoms with Crippen LogP contribution in [0.4, 0.5) is 24.5 Å². The van der Waals surface area contributed by atoms with Gasteiger partial charge in [-0.2, -0.15) is 13.2 Å². The first-order valence-electron chi connectivity index (χ1n) is 7.88. The number of hydrogen-bond donors (Lipinski definition) is 1. The van der Waals surface area contributed by atoms with Crippen molar-refractivity contribution in [1.82, 2.24) is 0 Å². The smallest absolute Gasteiger partial charge is 0.370 e. The van der Waals surface area contributed by atoms with Crippen molar-refractivity contribution in [3.8, 4) is 0 Å². The Morgan fingerprint density at radius 2 is 1.76 bits per heavy atom. The van der Waals surface area contributed by atoms with Gasteiger partial charge in [0.15, 0.2) is 0 Å². The quantitative estimate of drug-likeness (QED) is 0.806. The summed E-state index contributed by atoms with van der Waals surface area (Å²) >= 11 is 6.01. The molecule has 1 aliphatic heterocycles. The highest BCUT2D eigenvalue weighted by Gasteiger charge is 2.35. The molecule has 1 N–H and O–H groups in total. The van der Waals surface area contributed by atoms with Gasteiger partial charge in [0.05, 0.1) is 22.5 Å². The van der Waals surface area contributed by atoms with Crippen molar-refractivity contribution in [3.05, 3.63) is 58.6 Å². The van der Waals surface area contributed by atoms with Crippen molar-refractivity contribution >= 4 is 28.9 Å². The molecule has 1 fully saturated rings. The van der Waals surface area contributed by atoms with Gasteiger partial charge < -0.3 is 10.2 Å². The topological polar surface area (TPSA) is 32.3 Å². The van der Waals surface area contributed by atoms with E-state index in [4.69, 9.17) is 11.6 Å². The molecule has 3 nitrogen and oxygen atoms in total. The van der Waals surface area contributed by atoms with Crippen molar-refractivity contribution in [3.63, 3.8) is 0 Å². The Morgan fingerprint density at radius 3 is 2.44 bits per heavy atom. The lowest BCUT2D eigenvalue weighted by molar-refractivity contribution is -0.137. The lowest BCUT2D eigenvalue weighted by Crippen LogP contribution is -2.22. The van der Waals surface area contributed by atoms with Crippen LogP contribution in [0.3, 0.4) is 0 Å². The van der Waals surface area contributed by atoms with E-state index in [-0.39, 0.29) is 0 Å². The van der Waals surface area contributed by atoms with Crippen LogP contribution in [0.25, 0.3) is 0 Å². The predicted octanol–water partition coefficient (Wildman–Crippen LogP) is 5.21. The van der Waals surface area contributed by atoms with Gasteiger partial charge in [0.2, 0.25) is 0 Å². The number of benzene rings is 2. The standard InChI is InChI=1S/C18H16ClF3N2O/c19-12-7-8-16(24-9-3-4-10-24)15(11-12)23-17(25)13-5-1-2-6-14(13)18(20,21)22/h1-2,5-8,11H,3-4,9-10H2,(H,23,25). The Hall–Kier alpha value is -2.21. The third-order valence-electron chi connectivity index (χ3n) is 4.13. The maximum absolute atomic E-state index is 13.1. The molecular formula is C18H16ClF3N2O. The third kappa shape index (κ3) is 3.90. The zero-order chi connectivity index (χ0) is 18.0. The summed E-state index contributed by atoms with van der Waals surface area (Å²) in [7, 11) is 0. The van der Waals surface area contributed by atoms with Crippen molar-refractivity contribution in [2.24, 2.45) is 0 Å². The number of carbonyl (C=O) groups excluding carboxylic acids is 1. The molecule has 0 radical (unpaired) electrons. The van der Waals surface area contributed by atoms with Crippen LogP contribution >= 0.6 is 11.6 Å². The normalized spacial score (nSPS) is 14.6. The van der Waals surface area contributed by atoms with E-state index in [1.54, 1.807) is 18.2 Å². The largest absolute Gasteiger partial charge is 0.417 e. The van der Waals surface area contributed by atoms with Gasteiger partial charge >= 0.3 is 6.18 Å². The third-order valence-corrected chi connectivity index (χ3v) is 4.37. The molecule has 0 aromatic heterocycles. The highest BCUT2D eigenvalue weighted by atomic mass is 35.5. The van der Waals surface area contributed by atoms with Gasteiger partial charge in [0.25, 0.3) is 5.91 Å². The van der Waals surface area contributed by atoms with Crippen LogP contribution in [0.2, 0.25) is 5.02 Å². The van der Waals surface area contributed by atoms with Gasteiger partial charge in [0, 0.05) is 18.1 Å². The minimum Gasteiger partial charge on any atom is -0.370 e. The van der Waals surface area contributed by atoms with E-state index in [0.717, 1.165) is 43.8 Å². The number of nitrogens with one attached hydrogen (secondary N) is 1. The van der Waals surface area contributed by atoms with E-state index in [1.165, 1.54) is 12.1 Å². The molecule has 0 saturated carbocycles. The van der Waals surface area contributed by atoms with E-state index >= 15 is 0 Å². The first-order valence-corrected chi connectivity index (χ1v) is 8.26. The van der Waals surface area contributed by atoms with Gasteiger partial charge in [0.1, 0.15) is 0 Å².